The lowest BCUT2D eigenvalue weighted by molar-refractivity contribution is 0.0276. The van der Waals surface area contributed by atoms with E-state index in [0.717, 1.165) is 25.7 Å². The fourth-order valence-electron chi connectivity index (χ4n) is 1.80. The quantitative estimate of drug-likeness (QED) is 0.692. The summed E-state index contributed by atoms with van der Waals surface area (Å²) in [5, 5.41) is 2.77. The maximum Gasteiger partial charge on any atom is 0.316 e. The monoisotopic (exact) mass is 229 g/mol. The lowest BCUT2D eigenvalue weighted by Crippen LogP contribution is -2.37. The van der Waals surface area contributed by atoms with Crippen molar-refractivity contribution in [2.45, 2.75) is 37.8 Å². The van der Waals surface area contributed by atoms with Crippen LogP contribution in [0.1, 0.15) is 25.7 Å². The molecule has 1 aliphatic rings. The molecule has 0 aliphatic heterocycles. The second-order valence-corrected chi connectivity index (χ2v) is 4.53. The van der Waals surface area contributed by atoms with Crippen LogP contribution < -0.4 is 11.1 Å². The van der Waals surface area contributed by atoms with Gasteiger partial charge in [0.05, 0.1) is 12.7 Å². The summed E-state index contributed by atoms with van der Waals surface area (Å²) in [5.74, 6) is 0. The molecule has 94 valence electrons. The zero-order valence-electron chi connectivity index (χ0n) is 10.2. The number of carbonyl (C=O) groups excluding carboxylic acids is 1. The van der Waals surface area contributed by atoms with Gasteiger partial charge in [-0.15, -0.1) is 0 Å². The van der Waals surface area contributed by atoms with Crippen LogP contribution in [0.5, 0.6) is 0 Å². The van der Waals surface area contributed by atoms with Gasteiger partial charge in [0.2, 0.25) is 0 Å². The van der Waals surface area contributed by atoms with Gasteiger partial charge in [-0.1, -0.05) is 0 Å². The second kappa shape index (κ2) is 6.70. The second-order valence-electron chi connectivity index (χ2n) is 4.53. The fourth-order valence-corrected chi connectivity index (χ4v) is 1.80. The number of ether oxygens (including phenoxy) is 1. The van der Waals surface area contributed by atoms with E-state index >= 15 is 0 Å². The van der Waals surface area contributed by atoms with Crippen molar-refractivity contribution < 1.29 is 9.53 Å². The molecule has 1 saturated carbocycles. The number of rotatable bonds is 4. The van der Waals surface area contributed by atoms with Crippen LogP contribution in [0.15, 0.2) is 0 Å². The van der Waals surface area contributed by atoms with Crippen LogP contribution in [0.25, 0.3) is 0 Å². The average Bonchev–Trinajstić information content (AvgIpc) is 2.26. The zero-order valence-corrected chi connectivity index (χ0v) is 10.2. The van der Waals surface area contributed by atoms with Gasteiger partial charge in [-0.2, -0.15) is 0 Å². The van der Waals surface area contributed by atoms with Gasteiger partial charge in [0.15, 0.2) is 0 Å². The Bertz CT molecular complexity index is 213. The van der Waals surface area contributed by atoms with E-state index in [2.05, 4.69) is 5.32 Å². The minimum atomic E-state index is -0.0748. The number of urea groups is 1. The minimum Gasteiger partial charge on any atom is -0.376 e. The average molecular weight is 229 g/mol. The number of carbonyl (C=O) groups is 1. The van der Waals surface area contributed by atoms with Gasteiger partial charge in [-0.25, -0.2) is 4.79 Å². The molecule has 3 N–H and O–H groups in total. The predicted molar refractivity (Wildman–Crippen MR) is 63.3 cm³/mol. The number of hydrogen-bond donors (Lipinski definition) is 2. The fraction of sp³-hybridized carbons (Fsp3) is 0.909. The van der Waals surface area contributed by atoms with Crippen molar-refractivity contribution >= 4 is 6.03 Å². The Kier molecular flexibility index (Phi) is 5.55. The van der Waals surface area contributed by atoms with E-state index in [9.17, 15) is 4.79 Å². The van der Waals surface area contributed by atoms with Gasteiger partial charge in [-0.3, -0.25) is 0 Å². The third-order valence-corrected chi connectivity index (χ3v) is 2.86. The summed E-state index contributed by atoms with van der Waals surface area (Å²) < 4.78 is 5.67. The third kappa shape index (κ3) is 4.81. The first kappa shape index (κ1) is 13.3. The summed E-state index contributed by atoms with van der Waals surface area (Å²) in [4.78, 5) is 12.7. The smallest absolute Gasteiger partial charge is 0.316 e. The Morgan fingerprint density at radius 3 is 2.56 bits per heavy atom. The normalized spacial score (nSPS) is 25.2. The van der Waals surface area contributed by atoms with Crippen molar-refractivity contribution in [3.63, 3.8) is 0 Å². The van der Waals surface area contributed by atoms with Crippen molar-refractivity contribution in [1.29, 1.82) is 0 Å². The van der Waals surface area contributed by atoms with Crippen LogP contribution in [-0.2, 0) is 4.74 Å². The molecule has 0 aromatic rings. The molecule has 0 bridgehead atoms. The molecular formula is C11H23N3O2. The van der Waals surface area contributed by atoms with Crippen molar-refractivity contribution in [2.75, 3.05) is 27.2 Å². The van der Waals surface area contributed by atoms with E-state index in [4.69, 9.17) is 10.5 Å². The summed E-state index contributed by atoms with van der Waals surface area (Å²) in [6, 6.07) is 0.280. The molecule has 0 saturated heterocycles. The van der Waals surface area contributed by atoms with E-state index < -0.39 is 0 Å². The topological polar surface area (TPSA) is 67.6 Å². The number of nitrogens with zero attached hydrogens (tertiary/aromatic N) is 1. The van der Waals surface area contributed by atoms with Crippen molar-refractivity contribution in [3.8, 4) is 0 Å². The Labute approximate surface area is 97.3 Å². The van der Waals surface area contributed by atoms with Crippen molar-refractivity contribution in [2.24, 2.45) is 5.73 Å². The standard InChI is InChI=1S/C11H23N3O2/c1-14(2)11(15)13-7-8-16-10-5-3-9(12)4-6-10/h9-10H,3-8,12H2,1-2H3,(H,13,15). The largest absolute Gasteiger partial charge is 0.376 e. The van der Waals surface area contributed by atoms with Crippen LogP contribution in [0.3, 0.4) is 0 Å². The molecule has 5 heteroatoms. The SMILES string of the molecule is CN(C)C(=O)NCCOC1CCC(N)CC1. The molecule has 0 aromatic carbocycles. The highest BCUT2D eigenvalue weighted by molar-refractivity contribution is 5.73. The molecule has 0 spiro atoms. The first-order valence-corrected chi connectivity index (χ1v) is 5.92. The van der Waals surface area contributed by atoms with Gasteiger partial charge < -0.3 is 20.7 Å². The molecule has 16 heavy (non-hydrogen) atoms. The predicted octanol–water partition coefficient (Wildman–Crippen LogP) is 0.544. The first-order chi connectivity index (χ1) is 7.59. The van der Waals surface area contributed by atoms with E-state index in [1.165, 1.54) is 4.90 Å². The van der Waals surface area contributed by atoms with Crippen LogP contribution in [-0.4, -0.2) is 50.3 Å². The molecule has 0 heterocycles. The Morgan fingerprint density at radius 1 is 1.38 bits per heavy atom. The van der Waals surface area contributed by atoms with Crippen molar-refractivity contribution in [3.05, 3.63) is 0 Å². The minimum absolute atomic E-state index is 0.0748. The van der Waals surface area contributed by atoms with Gasteiger partial charge in [0.25, 0.3) is 0 Å². The van der Waals surface area contributed by atoms with Gasteiger partial charge >= 0.3 is 6.03 Å². The first-order valence-electron chi connectivity index (χ1n) is 5.92. The van der Waals surface area contributed by atoms with E-state index in [0.29, 0.717) is 25.3 Å². The number of amides is 2. The van der Waals surface area contributed by atoms with Crippen LogP contribution in [0.2, 0.25) is 0 Å². The zero-order chi connectivity index (χ0) is 12.0. The Balaban J connectivity index is 2.01. The van der Waals surface area contributed by atoms with Crippen molar-refractivity contribution in [1.82, 2.24) is 10.2 Å². The summed E-state index contributed by atoms with van der Waals surface area (Å²) in [5.41, 5.74) is 5.81. The highest BCUT2D eigenvalue weighted by Crippen LogP contribution is 2.19. The Morgan fingerprint density at radius 2 is 2.00 bits per heavy atom. The summed E-state index contributed by atoms with van der Waals surface area (Å²) in [6.07, 6.45) is 4.52. The maximum atomic E-state index is 11.2. The molecule has 1 aliphatic carbocycles. The molecule has 0 atom stereocenters. The molecule has 5 nitrogen and oxygen atoms in total. The Hall–Kier alpha value is -0.810. The van der Waals surface area contributed by atoms with E-state index in [-0.39, 0.29) is 6.03 Å². The molecule has 0 aromatic heterocycles. The van der Waals surface area contributed by atoms with Gasteiger partial charge in [0.1, 0.15) is 0 Å². The summed E-state index contributed by atoms with van der Waals surface area (Å²) in [6.45, 7) is 1.15. The summed E-state index contributed by atoms with van der Waals surface area (Å²) >= 11 is 0. The molecule has 1 fully saturated rings. The number of nitrogens with one attached hydrogen (secondary N) is 1. The van der Waals surface area contributed by atoms with Crippen LogP contribution in [0.4, 0.5) is 4.79 Å². The molecular weight excluding hydrogens is 206 g/mol. The van der Waals surface area contributed by atoms with Crippen LogP contribution >= 0.6 is 0 Å². The summed E-state index contributed by atoms with van der Waals surface area (Å²) in [7, 11) is 3.44. The maximum absolute atomic E-state index is 11.2. The lowest BCUT2D eigenvalue weighted by Gasteiger charge is -2.26. The van der Waals surface area contributed by atoms with Gasteiger partial charge in [-0.05, 0) is 25.7 Å². The van der Waals surface area contributed by atoms with Gasteiger partial charge in [0, 0.05) is 26.7 Å². The highest BCUT2D eigenvalue weighted by Gasteiger charge is 2.18. The van der Waals surface area contributed by atoms with E-state index in [1.54, 1.807) is 14.1 Å². The molecule has 1 rings (SSSR count). The number of hydrogen-bond acceptors (Lipinski definition) is 3. The molecule has 0 radical (unpaired) electrons. The van der Waals surface area contributed by atoms with Crippen LogP contribution in [0, 0.1) is 0 Å². The number of nitrogens with two attached hydrogens (primary N) is 1. The lowest BCUT2D eigenvalue weighted by atomic mass is 9.94. The third-order valence-electron chi connectivity index (χ3n) is 2.86. The molecule has 2 amide bonds. The molecule has 0 unspecified atom stereocenters. The van der Waals surface area contributed by atoms with E-state index in [1.807, 2.05) is 0 Å². The highest BCUT2D eigenvalue weighted by atomic mass is 16.5.